The van der Waals surface area contributed by atoms with Crippen molar-refractivity contribution in [3.8, 4) is 69.1 Å². The van der Waals surface area contributed by atoms with Gasteiger partial charge in [0.2, 0.25) is 5.75 Å². The number of nitrogens with two attached hydrogens (primary N) is 2. The summed E-state index contributed by atoms with van der Waals surface area (Å²) in [6.07, 6.45) is 12.9. The predicted molar refractivity (Wildman–Crippen MR) is 396 cm³/mol. The summed E-state index contributed by atoms with van der Waals surface area (Å²) in [5.41, 5.74) is 23.1. The van der Waals surface area contributed by atoms with Gasteiger partial charge in [-0.1, -0.05) is 159 Å². The molecule has 14 nitrogen and oxygen atoms in total. The van der Waals surface area contributed by atoms with Crippen molar-refractivity contribution in [2.45, 2.75) is 99.1 Å². The second-order valence-electron chi connectivity index (χ2n) is 28.8. The zero-order chi connectivity index (χ0) is 68.0. The summed E-state index contributed by atoms with van der Waals surface area (Å²) in [5, 5.41) is 42.8. The number of aliphatic imine (C=N–C) groups is 1. The predicted octanol–water partition coefficient (Wildman–Crippen LogP) is 14.1. The van der Waals surface area contributed by atoms with Crippen LogP contribution in [0.3, 0.4) is 0 Å². The van der Waals surface area contributed by atoms with Gasteiger partial charge in [0.15, 0.2) is 28.5 Å². The maximum Gasteiger partial charge on any atom is 0.204 e. The fourth-order valence-electron chi connectivity index (χ4n) is 18.2. The summed E-state index contributed by atoms with van der Waals surface area (Å²) < 4.78 is 28.0. The molecule has 1 spiro atoms. The normalized spacial score (nSPS) is 24.9. The van der Waals surface area contributed by atoms with Gasteiger partial charge in [-0.25, -0.2) is 4.99 Å². The minimum absolute atomic E-state index is 0.0139. The third kappa shape index (κ3) is 10.8. The number of aliphatic hydroxyl groups is 2. The van der Waals surface area contributed by atoms with Gasteiger partial charge in [-0.05, 0) is 159 Å². The Hall–Kier alpha value is -10.5. The number of nitrogens with one attached hydrogen (secondary N) is 2. The number of aromatic nitrogens is 1. The van der Waals surface area contributed by atoms with E-state index < -0.39 is 40.9 Å². The molecule has 18 rings (SSSR count). The van der Waals surface area contributed by atoms with E-state index in [9.17, 15) is 15.3 Å². The molecule has 3 aliphatic carbocycles. The van der Waals surface area contributed by atoms with Crippen LogP contribution in [0.2, 0.25) is 0 Å². The van der Waals surface area contributed by atoms with Gasteiger partial charge in [-0.3, -0.25) is 4.79 Å². The van der Waals surface area contributed by atoms with Crippen molar-refractivity contribution in [1.29, 1.82) is 0 Å². The molecule has 7 heterocycles. The lowest BCUT2D eigenvalue weighted by Crippen LogP contribution is -2.67. The molecule has 9 N–H and O–H groups in total. The van der Waals surface area contributed by atoms with Gasteiger partial charge in [-0.2, -0.15) is 0 Å². The number of phenolic OH excluding ortho intramolecular Hbond substituents is 1. The minimum Gasteiger partial charge on any atom is -0.508 e. The van der Waals surface area contributed by atoms with Crippen LogP contribution in [0.4, 0.5) is 11.5 Å². The maximum absolute atomic E-state index is 15.6. The highest BCUT2D eigenvalue weighted by Gasteiger charge is 2.62. The number of rotatable bonds is 10. The monoisotopic (exact) mass is 1320 g/mol. The van der Waals surface area contributed by atoms with Crippen LogP contribution >= 0.6 is 0 Å². The first kappa shape index (κ1) is 63.0. The van der Waals surface area contributed by atoms with Crippen molar-refractivity contribution in [2.24, 2.45) is 40.1 Å². The molecule has 11 atom stereocenters. The number of aliphatic hydroxyl groups excluding tert-OH is 2. The Morgan fingerprint density at radius 3 is 2.54 bits per heavy atom. The molecule has 14 heteroatoms. The second-order valence-corrected chi connectivity index (χ2v) is 28.8. The van der Waals surface area contributed by atoms with E-state index in [-0.39, 0.29) is 102 Å². The van der Waals surface area contributed by atoms with Crippen molar-refractivity contribution in [3.05, 3.63) is 225 Å². The van der Waals surface area contributed by atoms with E-state index in [2.05, 4.69) is 155 Å². The number of fused-ring (bicyclic) bond motifs is 19. The van der Waals surface area contributed by atoms with Crippen molar-refractivity contribution in [3.63, 3.8) is 0 Å². The zero-order valence-corrected chi connectivity index (χ0v) is 56.1. The molecular weight excluding hydrogens is 1240 g/mol. The Bertz CT molecular complexity index is 5200. The van der Waals surface area contributed by atoms with Gasteiger partial charge >= 0.3 is 0 Å². The lowest BCUT2D eigenvalue weighted by Gasteiger charge is -2.53. The van der Waals surface area contributed by atoms with Crippen LogP contribution in [-0.4, -0.2) is 84.5 Å². The van der Waals surface area contributed by atoms with E-state index in [0.29, 0.717) is 48.7 Å². The molecule has 2 saturated carbocycles. The van der Waals surface area contributed by atoms with Crippen LogP contribution in [0.1, 0.15) is 102 Å². The third-order valence-corrected chi connectivity index (χ3v) is 23.1. The van der Waals surface area contributed by atoms with E-state index in [0.717, 1.165) is 64.9 Å². The molecule has 0 unspecified atom stereocenters. The summed E-state index contributed by atoms with van der Waals surface area (Å²) in [6.45, 7) is 3.27. The van der Waals surface area contributed by atoms with Crippen LogP contribution in [0.15, 0.2) is 184 Å². The van der Waals surface area contributed by atoms with E-state index in [1.165, 1.54) is 51.5 Å². The average molecular weight is 1330 g/mol. The number of methoxy groups -OCH3 is 1. The Labute approximate surface area is 581 Å². The SMILES string of the molecule is COc1c2c(c3oc(-c4ccc(O)cc4)cc(=O)c3c1OCC[C@@H](O)/C=C/c1ccccc1)[C@H]1C#C[C@@H]3NCCN4c5[nH]c(cc5-c5cccc(c5)C1)[C@@]1(C)CCC[C@H]1CC#C[C@@H]1[C@H]5C=Cc6ccc7cc8ccccc8cc7c6[C@H]5C[C@]1(c1ccc(c(N=C(N)N)c1)C[C@@H](CO)CO2)[C@H]34. The molecule has 2 aromatic heterocycles. The van der Waals surface area contributed by atoms with Gasteiger partial charge in [0, 0.05) is 78.1 Å². The molecule has 502 valence electrons. The summed E-state index contributed by atoms with van der Waals surface area (Å²) in [5.74, 6) is 16.6. The maximum atomic E-state index is 15.6. The number of allylic oxidation sites excluding steroid dienone is 1. The van der Waals surface area contributed by atoms with Gasteiger partial charge in [-0.15, -0.1) is 5.92 Å². The number of H-pyrrole nitrogens is 1. The molecular formula is C86H80N6O8. The van der Waals surface area contributed by atoms with Crippen molar-refractivity contribution < 1.29 is 33.9 Å². The number of benzene rings is 8. The van der Waals surface area contributed by atoms with Crippen LogP contribution in [0, 0.1) is 47.4 Å². The van der Waals surface area contributed by atoms with Crippen LogP contribution < -0.4 is 41.3 Å². The molecule has 0 radical (unpaired) electrons. The highest BCUT2D eigenvalue weighted by molar-refractivity contribution is 6.02. The fraction of sp³-hybridized carbons (Fsp3) is 0.302. The summed E-state index contributed by atoms with van der Waals surface area (Å²) in [4.78, 5) is 27.6. The molecule has 10 bridgehead atoms. The van der Waals surface area contributed by atoms with E-state index in [1.807, 2.05) is 36.4 Å². The number of ether oxygens (including phenoxy) is 3. The van der Waals surface area contributed by atoms with Crippen molar-refractivity contribution in [1.82, 2.24) is 10.3 Å². The fourth-order valence-corrected chi connectivity index (χ4v) is 18.2. The van der Waals surface area contributed by atoms with Gasteiger partial charge in [0.25, 0.3) is 0 Å². The lowest BCUT2D eigenvalue weighted by atomic mass is 9.62. The molecule has 1 saturated heterocycles. The van der Waals surface area contributed by atoms with Gasteiger partial charge in [0.05, 0.1) is 55.7 Å². The number of aromatic hydroxyl groups is 1. The molecule has 10 aromatic rings. The van der Waals surface area contributed by atoms with Gasteiger partial charge in [0.1, 0.15) is 22.7 Å². The number of guanidine groups is 1. The number of anilines is 1. The summed E-state index contributed by atoms with van der Waals surface area (Å²) in [7, 11) is 1.53. The summed E-state index contributed by atoms with van der Waals surface area (Å²) in [6, 6.07) is 52.6. The second kappa shape index (κ2) is 25.4. The molecule has 3 fully saturated rings. The average Bonchev–Trinajstić information content (AvgIpc) is 1.50. The topological polar surface area (TPSA) is 214 Å². The first-order valence-electron chi connectivity index (χ1n) is 35.3. The first-order chi connectivity index (χ1) is 48.8. The van der Waals surface area contributed by atoms with Crippen molar-refractivity contribution >= 4 is 62.1 Å². The number of nitrogens with zero attached hydrogens (tertiary/aromatic N) is 2. The highest BCUT2D eigenvalue weighted by Crippen LogP contribution is 2.64. The number of aromatic amines is 1. The Morgan fingerprint density at radius 1 is 0.870 bits per heavy atom. The first-order valence-corrected chi connectivity index (χ1v) is 35.3. The van der Waals surface area contributed by atoms with Crippen LogP contribution in [-0.2, 0) is 23.7 Å². The number of hydrogen-bond donors (Lipinski definition) is 7. The van der Waals surface area contributed by atoms with Gasteiger partial charge < -0.3 is 60.6 Å². The third-order valence-electron chi connectivity index (χ3n) is 23.1. The quantitative estimate of drug-likeness (QED) is 0.0295. The molecule has 100 heavy (non-hydrogen) atoms. The molecule has 8 aliphatic rings. The Morgan fingerprint density at radius 2 is 1.71 bits per heavy atom. The Balaban J connectivity index is 0.956. The Kier molecular flexibility index (Phi) is 16.0. The number of phenols is 1. The van der Waals surface area contributed by atoms with Crippen LogP contribution in [0.5, 0.6) is 23.0 Å². The van der Waals surface area contributed by atoms with E-state index >= 15 is 4.79 Å². The smallest absolute Gasteiger partial charge is 0.204 e. The lowest BCUT2D eigenvalue weighted by molar-refractivity contribution is 0.156. The number of piperazine rings is 1. The van der Waals surface area contributed by atoms with E-state index in [1.54, 1.807) is 30.3 Å². The van der Waals surface area contributed by atoms with E-state index in [4.69, 9.17) is 35.1 Å². The zero-order valence-electron chi connectivity index (χ0n) is 56.1. The minimum atomic E-state index is -0.915. The molecule has 5 aliphatic heterocycles. The van der Waals surface area contributed by atoms with Crippen molar-refractivity contribution in [2.75, 3.05) is 44.9 Å². The standard InChI is InChI=1S/C86H80N6O8/c1-85-35-10-18-61(85)17-9-19-69-65-32-26-54-21-22-58-42-55-14-6-7-15-56(55)43-66(58)75(54)68(65)47-86(69)62-28-23-59(71(44-62)90-84(87)88)41-52(48-93)49-99-79-76(60-27-33-70-82(86)92(37-36-89-70)83-67(45-74(85)91-83)57-16-8-13-51(39-57)40-60)78-77(72(96)46-73(100-78)53-24-30-63(94)31-25-53)80(81(79)97-2)98-38-34-64(95)29-20-50-11-4-3-5-12-50/h3-8,11-16,20-26,28-32,39,42-46,52,60-61,64-65,68-70,82,89,91,93-95H,10,17-18,34-38,40-41,47-49H2,1-2H3,(H4,87,88,90)/b29-20+/t52-,60-,61+,64-,65-,68-,69+,70-,82-,85-,86+/m0/s1. The largest absolute Gasteiger partial charge is 0.508 e. The molecule has 0 amide bonds. The highest BCUT2D eigenvalue weighted by atomic mass is 16.5. The summed E-state index contributed by atoms with van der Waals surface area (Å²) >= 11 is 0. The molecule has 8 aromatic carbocycles. The van der Waals surface area contributed by atoms with Crippen LogP contribution in [0.25, 0.3) is 67.1 Å². The number of hydrogen-bond acceptors (Lipinski definition) is 11.